The van der Waals surface area contributed by atoms with Crippen LogP contribution in [0.15, 0.2) is 40.2 Å². The molecule has 0 radical (unpaired) electrons. The van der Waals surface area contributed by atoms with Gasteiger partial charge in [-0.1, -0.05) is 18.2 Å². The largest absolute Gasteiger partial charge is 0.382 e. The predicted molar refractivity (Wildman–Crippen MR) is 107 cm³/mol. The van der Waals surface area contributed by atoms with Gasteiger partial charge >= 0.3 is 0 Å². The number of aliphatic imine (C=N–C) groups is 1. The molecule has 0 aliphatic carbocycles. The van der Waals surface area contributed by atoms with Gasteiger partial charge in [0, 0.05) is 39.7 Å². The number of ether oxygens (including phenoxy) is 2. The molecule has 152 valence electrons. The van der Waals surface area contributed by atoms with Gasteiger partial charge in [-0.2, -0.15) is 0 Å². The van der Waals surface area contributed by atoms with Crippen LogP contribution >= 0.6 is 0 Å². The van der Waals surface area contributed by atoms with Gasteiger partial charge in [0.1, 0.15) is 0 Å². The summed E-state index contributed by atoms with van der Waals surface area (Å²) in [6.07, 6.45) is 1.60. The summed E-state index contributed by atoms with van der Waals surface area (Å²) in [7, 11) is 0.195. The number of rotatable bonds is 10. The molecule has 1 heterocycles. The summed E-state index contributed by atoms with van der Waals surface area (Å²) in [5.74, 6) is 1.43. The average molecular weight is 398 g/mol. The second kappa shape index (κ2) is 11.3. The molecule has 1 aromatic carbocycles. The van der Waals surface area contributed by atoms with Gasteiger partial charge in [-0.3, -0.25) is 4.99 Å². The molecule has 27 heavy (non-hydrogen) atoms. The van der Waals surface area contributed by atoms with Crippen molar-refractivity contribution >= 4 is 15.8 Å². The summed E-state index contributed by atoms with van der Waals surface area (Å²) in [4.78, 5) is 6.91. The Hall–Kier alpha value is -1.64. The first-order chi connectivity index (χ1) is 13.1. The Kier molecular flexibility index (Phi) is 9.03. The van der Waals surface area contributed by atoms with Crippen molar-refractivity contribution < 1.29 is 17.9 Å². The number of hydrogen-bond acceptors (Lipinski definition) is 5. The Bertz CT molecular complexity index is 679. The molecule has 0 aromatic heterocycles. The third kappa shape index (κ3) is 7.12. The summed E-state index contributed by atoms with van der Waals surface area (Å²) in [5, 5.41) is 3.28. The molecule has 0 saturated carbocycles. The van der Waals surface area contributed by atoms with Gasteiger partial charge in [-0.25, -0.2) is 8.42 Å². The zero-order valence-electron chi connectivity index (χ0n) is 16.3. The lowest BCUT2D eigenvalue weighted by Crippen LogP contribution is -2.41. The monoisotopic (exact) mass is 397 g/mol. The Morgan fingerprint density at radius 3 is 2.78 bits per heavy atom. The van der Waals surface area contributed by atoms with E-state index < -0.39 is 9.84 Å². The van der Waals surface area contributed by atoms with Gasteiger partial charge in [0.2, 0.25) is 0 Å². The summed E-state index contributed by atoms with van der Waals surface area (Å²) in [5.41, 5.74) is 0. The molecular formula is C19H31N3O4S. The lowest BCUT2D eigenvalue weighted by molar-refractivity contribution is 0.0536. The van der Waals surface area contributed by atoms with Gasteiger partial charge in [0.25, 0.3) is 0 Å². The SMILES string of the molecule is CN=C(NCCCS(=O)(=O)c1ccccc1)N1CCC(COCCOC)C1. The van der Waals surface area contributed by atoms with E-state index in [1.165, 1.54) is 0 Å². The Balaban J connectivity index is 1.70. The highest BCUT2D eigenvalue weighted by Gasteiger charge is 2.25. The summed E-state index contributed by atoms with van der Waals surface area (Å²) in [6.45, 7) is 4.37. The third-order valence-corrected chi connectivity index (χ3v) is 6.37. The fourth-order valence-corrected chi connectivity index (χ4v) is 4.43. The quantitative estimate of drug-likeness (QED) is 0.365. The van der Waals surface area contributed by atoms with Crippen molar-refractivity contribution in [2.24, 2.45) is 10.9 Å². The van der Waals surface area contributed by atoms with E-state index in [1.54, 1.807) is 38.4 Å². The molecule has 1 aromatic rings. The Labute approximate surface area is 162 Å². The molecular weight excluding hydrogens is 366 g/mol. The fraction of sp³-hybridized carbons (Fsp3) is 0.632. The first-order valence-electron chi connectivity index (χ1n) is 9.37. The van der Waals surface area contributed by atoms with Crippen molar-refractivity contribution in [3.05, 3.63) is 30.3 Å². The maximum Gasteiger partial charge on any atom is 0.193 e. The first kappa shape index (κ1) is 21.7. The molecule has 1 fully saturated rings. The predicted octanol–water partition coefficient (Wildman–Crippen LogP) is 1.41. The number of nitrogens with zero attached hydrogens (tertiary/aromatic N) is 2. The maximum atomic E-state index is 12.3. The minimum Gasteiger partial charge on any atom is -0.382 e. The van der Waals surface area contributed by atoms with Crippen molar-refractivity contribution in [3.8, 4) is 0 Å². The van der Waals surface area contributed by atoms with Crippen molar-refractivity contribution in [1.29, 1.82) is 0 Å². The molecule has 2 rings (SSSR count). The maximum absolute atomic E-state index is 12.3. The van der Waals surface area contributed by atoms with E-state index in [0.29, 0.717) is 37.0 Å². The summed E-state index contributed by atoms with van der Waals surface area (Å²) in [6, 6.07) is 8.59. The minimum absolute atomic E-state index is 0.122. The molecule has 1 saturated heterocycles. The number of hydrogen-bond donors (Lipinski definition) is 1. The molecule has 1 unspecified atom stereocenters. The normalized spacial score (nSPS) is 18.1. The van der Waals surface area contributed by atoms with Gasteiger partial charge in [-0.15, -0.1) is 0 Å². The number of benzene rings is 1. The topological polar surface area (TPSA) is 80.2 Å². The standard InChI is InChI=1S/C19H31N3O4S/c1-20-19(22-11-9-17(15-22)16-26-13-12-25-2)21-10-6-14-27(23,24)18-7-4-3-5-8-18/h3-5,7-8,17H,6,9-16H2,1-2H3,(H,20,21). The van der Waals surface area contributed by atoms with Crippen LogP contribution < -0.4 is 5.32 Å². The van der Waals surface area contributed by atoms with E-state index in [1.807, 2.05) is 6.07 Å². The van der Waals surface area contributed by atoms with Crippen molar-refractivity contribution in [2.45, 2.75) is 17.7 Å². The molecule has 8 heteroatoms. The molecule has 1 aliphatic rings. The van der Waals surface area contributed by atoms with Crippen molar-refractivity contribution in [1.82, 2.24) is 10.2 Å². The van der Waals surface area contributed by atoms with Crippen LogP contribution in [-0.4, -0.2) is 78.6 Å². The first-order valence-corrected chi connectivity index (χ1v) is 11.0. The van der Waals surface area contributed by atoms with Crippen LogP contribution in [0.25, 0.3) is 0 Å². The smallest absolute Gasteiger partial charge is 0.193 e. The molecule has 1 N–H and O–H groups in total. The van der Waals surface area contributed by atoms with Crippen LogP contribution in [0, 0.1) is 5.92 Å². The third-order valence-electron chi connectivity index (χ3n) is 4.56. The van der Waals surface area contributed by atoms with Crippen LogP contribution in [0.3, 0.4) is 0 Å². The zero-order chi connectivity index (χ0) is 19.5. The highest BCUT2D eigenvalue weighted by Crippen LogP contribution is 2.16. The summed E-state index contributed by atoms with van der Waals surface area (Å²) < 4.78 is 35.2. The number of methoxy groups -OCH3 is 1. The fourth-order valence-electron chi connectivity index (χ4n) is 3.09. The number of nitrogens with one attached hydrogen (secondary N) is 1. The molecule has 1 atom stereocenters. The number of guanidine groups is 1. The minimum atomic E-state index is -3.23. The highest BCUT2D eigenvalue weighted by atomic mass is 32.2. The van der Waals surface area contributed by atoms with Crippen LogP contribution in [0.2, 0.25) is 0 Å². The Morgan fingerprint density at radius 1 is 1.30 bits per heavy atom. The van der Waals surface area contributed by atoms with Gasteiger partial charge in [-0.05, 0) is 25.0 Å². The van der Waals surface area contributed by atoms with Gasteiger partial charge in [0.15, 0.2) is 15.8 Å². The molecule has 0 amide bonds. The van der Waals surface area contributed by atoms with E-state index in [2.05, 4.69) is 15.2 Å². The second-order valence-electron chi connectivity index (χ2n) is 6.63. The van der Waals surface area contributed by atoms with Crippen LogP contribution in [-0.2, 0) is 19.3 Å². The van der Waals surface area contributed by atoms with E-state index in [9.17, 15) is 8.42 Å². The highest BCUT2D eigenvalue weighted by molar-refractivity contribution is 7.91. The van der Waals surface area contributed by atoms with Gasteiger partial charge < -0.3 is 19.7 Å². The van der Waals surface area contributed by atoms with Gasteiger partial charge in [0.05, 0.1) is 30.5 Å². The second-order valence-corrected chi connectivity index (χ2v) is 8.74. The zero-order valence-corrected chi connectivity index (χ0v) is 17.1. The van der Waals surface area contributed by atoms with Crippen molar-refractivity contribution in [2.75, 3.05) is 59.4 Å². The van der Waals surface area contributed by atoms with E-state index in [-0.39, 0.29) is 5.75 Å². The molecule has 0 bridgehead atoms. The van der Waals surface area contributed by atoms with E-state index in [4.69, 9.17) is 9.47 Å². The van der Waals surface area contributed by atoms with Crippen LogP contribution in [0.1, 0.15) is 12.8 Å². The molecule has 1 aliphatic heterocycles. The summed E-state index contributed by atoms with van der Waals surface area (Å²) >= 11 is 0. The van der Waals surface area contributed by atoms with Crippen molar-refractivity contribution in [3.63, 3.8) is 0 Å². The lowest BCUT2D eigenvalue weighted by atomic mass is 10.1. The number of sulfone groups is 1. The lowest BCUT2D eigenvalue weighted by Gasteiger charge is -2.21. The van der Waals surface area contributed by atoms with E-state index in [0.717, 1.165) is 32.1 Å². The van der Waals surface area contributed by atoms with Crippen LogP contribution in [0.5, 0.6) is 0 Å². The van der Waals surface area contributed by atoms with Crippen LogP contribution in [0.4, 0.5) is 0 Å². The molecule has 0 spiro atoms. The molecule has 7 nitrogen and oxygen atoms in total. The van der Waals surface area contributed by atoms with E-state index >= 15 is 0 Å². The average Bonchev–Trinajstić information content (AvgIpc) is 3.15. The number of likely N-dealkylation sites (tertiary alicyclic amines) is 1. The Morgan fingerprint density at radius 2 is 2.07 bits per heavy atom.